The zero-order valence-electron chi connectivity index (χ0n) is 13.9. The first-order chi connectivity index (χ1) is 11.5. The number of aromatic nitrogens is 2. The predicted octanol–water partition coefficient (Wildman–Crippen LogP) is 2.23. The van der Waals surface area contributed by atoms with Gasteiger partial charge in [-0.05, 0) is 37.5 Å². The van der Waals surface area contributed by atoms with E-state index < -0.39 is 0 Å². The molecular weight excluding hydrogens is 328 g/mol. The fourth-order valence-electron chi connectivity index (χ4n) is 2.02. The van der Waals surface area contributed by atoms with E-state index in [4.69, 9.17) is 4.74 Å². The lowest BCUT2D eigenvalue weighted by atomic mass is 10.2. The van der Waals surface area contributed by atoms with Crippen LogP contribution < -0.4 is 10.1 Å². The zero-order valence-corrected chi connectivity index (χ0v) is 14.7. The molecule has 0 aliphatic heterocycles. The Bertz CT molecular complexity index is 717. The number of ether oxygens (including phenoxy) is 1. The van der Waals surface area contributed by atoms with Gasteiger partial charge in [-0.15, -0.1) is 5.10 Å². The summed E-state index contributed by atoms with van der Waals surface area (Å²) in [6.07, 6.45) is -0.234. The molecule has 0 saturated heterocycles. The fourth-order valence-corrected chi connectivity index (χ4v) is 2.70. The number of benzene rings is 1. The molecule has 2 aromatic rings. The summed E-state index contributed by atoms with van der Waals surface area (Å²) in [5.41, 5.74) is 1.36. The van der Waals surface area contributed by atoms with Gasteiger partial charge in [0.15, 0.2) is 0 Å². The molecule has 0 unspecified atom stereocenters. The summed E-state index contributed by atoms with van der Waals surface area (Å²) in [6.45, 7) is 4.60. The highest BCUT2D eigenvalue weighted by atomic mass is 32.1. The second-order valence-electron chi connectivity index (χ2n) is 5.19. The highest BCUT2D eigenvalue weighted by molar-refractivity contribution is 7.05. The van der Waals surface area contributed by atoms with Crippen molar-refractivity contribution in [3.63, 3.8) is 0 Å². The monoisotopic (exact) mass is 348 g/mol. The van der Waals surface area contributed by atoms with Crippen molar-refractivity contribution in [2.45, 2.75) is 26.8 Å². The first-order valence-electron chi connectivity index (χ1n) is 7.54. The highest BCUT2D eigenvalue weighted by Gasteiger charge is 2.17. The van der Waals surface area contributed by atoms with E-state index in [9.17, 15) is 9.59 Å². The van der Waals surface area contributed by atoms with E-state index in [2.05, 4.69) is 14.9 Å². The van der Waals surface area contributed by atoms with E-state index in [1.165, 1.54) is 16.4 Å². The van der Waals surface area contributed by atoms with E-state index in [1.807, 2.05) is 19.9 Å². The average Bonchev–Trinajstić information content (AvgIpc) is 2.94. The van der Waals surface area contributed by atoms with Crippen LogP contribution in [0, 0.1) is 6.92 Å². The number of rotatable bonds is 7. The van der Waals surface area contributed by atoms with Gasteiger partial charge in [0.05, 0.1) is 29.4 Å². The third-order valence-electron chi connectivity index (χ3n) is 3.32. The summed E-state index contributed by atoms with van der Waals surface area (Å²) in [7, 11) is 1.66. The standard InChI is InChI=1S/C16H20N4O3S/c1-4-23-13-8-6-5-7-12(13)17-15(21)9-16(22)20(3)10-14-11(2)18-19-24-14/h5-8H,4,9-10H2,1-3H3,(H,17,21). The Kier molecular flexibility index (Phi) is 6.25. The average molecular weight is 348 g/mol. The molecule has 0 aliphatic rings. The molecule has 24 heavy (non-hydrogen) atoms. The number of anilines is 1. The predicted molar refractivity (Wildman–Crippen MR) is 92.0 cm³/mol. The highest BCUT2D eigenvalue weighted by Crippen LogP contribution is 2.23. The van der Waals surface area contributed by atoms with Gasteiger partial charge in [-0.25, -0.2) is 0 Å². The normalized spacial score (nSPS) is 10.3. The third-order valence-corrected chi connectivity index (χ3v) is 4.13. The van der Waals surface area contributed by atoms with Crippen LogP contribution in [0.4, 0.5) is 5.69 Å². The van der Waals surface area contributed by atoms with Gasteiger partial charge in [0, 0.05) is 7.05 Å². The van der Waals surface area contributed by atoms with E-state index in [-0.39, 0.29) is 18.2 Å². The molecule has 0 spiro atoms. The van der Waals surface area contributed by atoms with Crippen LogP contribution in [0.1, 0.15) is 23.9 Å². The van der Waals surface area contributed by atoms with Crippen molar-refractivity contribution in [1.29, 1.82) is 0 Å². The summed E-state index contributed by atoms with van der Waals surface area (Å²) >= 11 is 1.25. The van der Waals surface area contributed by atoms with Crippen LogP contribution in [0.15, 0.2) is 24.3 Å². The number of hydrogen-bond acceptors (Lipinski definition) is 6. The van der Waals surface area contributed by atoms with Crippen molar-refractivity contribution >= 4 is 29.0 Å². The summed E-state index contributed by atoms with van der Waals surface area (Å²) in [5, 5.41) is 6.63. The van der Waals surface area contributed by atoms with Crippen molar-refractivity contribution in [1.82, 2.24) is 14.5 Å². The molecule has 2 rings (SSSR count). The van der Waals surface area contributed by atoms with Crippen molar-refractivity contribution in [2.24, 2.45) is 0 Å². The molecule has 128 valence electrons. The smallest absolute Gasteiger partial charge is 0.233 e. The minimum absolute atomic E-state index is 0.234. The second-order valence-corrected chi connectivity index (χ2v) is 6.02. The lowest BCUT2D eigenvalue weighted by Gasteiger charge is -2.16. The van der Waals surface area contributed by atoms with Gasteiger partial charge in [0.1, 0.15) is 12.2 Å². The van der Waals surface area contributed by atoms with E-state index in [0.717, 1.165) is 10.6 Å². The van der Waals surface area contributed by atoms with Gasteiger partial charge in [-0.3, -0.25) is 9.59 Å². The van der Waals surface area contributed by atoms with E-state index in [0.29, 0.717) is 24.6 Å². The molecule has 1 aromatic heterocycles. The van der Waals surface area contributed by atoms with Crippen molar-refractivity contribution in [3.8, 4) is 5.75 Å². The van der Waals surface area contributed by atoms with Crippen molar-refractivity contribution < 1.29 is 14.3 Å². The van der Waals surface area contributed by atoms with Crippen LogP contribution in [-0.2, 0) is 16.1 Å². The molecule has 0 radical (unpaired) electrons. The first-order valence-corrected chi connectivity index (χ1v) is 8.32. The lowest BCUT2D eigenvalue weighted by Crippen LogP contribution is -2.30. The molecule has 0 aliphatic carbocycles. The van der Waals surface area contributed by atoms with E-state index >= 15 is 0 Å². The molecule has 7 nitrogen and oxygen atoms in total. The second kappa shape index (κ2) is 8.39. The van der Waals surface area contributed by atoms with Crippen molar-refractivity contribution in [2.75, 3.05) is 19.0 Å². The van der Waals surface area contributed by atoms with Gasteiger partial charge in [0.25, 0.3) is 0 Å². The van der Waals surface area contributed by atoms with Crippen LogP contribution in [0.25, 0.3) is 0 Å². The number of nitrogens with zero attached hydrogens (tertiary/aromatic N) is 3. The first kappa shape index (κ1) is 17.9. The Morgan fingerprint density at radius 3 is 2.75 bits per heavy atom. The van der Waals surface area contributed by atoms with Crippen molar-refractivity contribution in [3.05, 3.63) is 34.8 Å². The molecular formula is C16H20N4O3S. The maximum atomic E-state index is 12.2. The molecule has 8 heteroatoms. The fraction of sp³-hybridized carbons (Fsp3) is 0.375. The summed E-state index contributed by atoms with van der Waals surface area (Å²) in [5.74, 6) is -0.0622. The van der Waals surface area contributed by atoms with Gasteiger partial charge in [-0.2, -0.15) is 0 Å². The van der Waals surface area contributed by atoms with Crippen LogP contribution >= 0.6 is 11.5 Å². The number of carbonyl (C=O) groups excluding carboxylic acids is 2. The SMILES string of the molecule is CCOc1ccccc1NC(=O)CC(=O)N(C)Cc1snnc1C. The number of carbonyl (C=O) groups is 2. The number of nitrogens with one attached hydrogen (secondary N) is 1. The van der Waals surface area contributed by atoms with E-state index in [1.54, 1.807) is 25.2 Å². The molecule has 0 saturated carbocycles. The van der Waals surface area contributed by atoms with Gasteiger partial charge >= 0.3 is 0 Å². The quantitative estimate of drug-likeness (QED) is 0.776. The molecule has 0 fully saturated rings. The number of aryl methyl sites for hydroxylation is 1. The molecule has 1 N–H and O–H groups in total. The lowest BCUT2D eigenvalue weighted by molar-refractivity contribution is -0.133. The van der Waals surface area contributed by atoms with Gasteiger partial charge < -0.3 is 15.0 Å². The number of para-hydroxylation sites is 2. The maximum Gasteiger partial charge on any atom is 0.233 e. The molecule has 2 amide bonds. The summed E-state index contributed by atoms with van der Waals surface area (Å²) < 4.78 is 9.29. The van der Waals surface area contributed by atoms with Crippen LogP contribution in [-0.4, -0.2) is 40.0 Å². The van der Waals surface area contributed by atoms with Crippen LogP contribution in [0.3, 0.4) is 0 Å². The molecule has 1 heterocycles. The number of amides is 2. The Labute approximate surface area is 144 Å². The Hall–Kier alpha value is -2.48. The molecule has 0 atom stereocenters. The minimum Gasteiger partial charge on any atom is -0.492 e. The third kappa shape index (κ3) is 4.76. The topological polar surface area (TPSA) is 84.4 Å². The Morgan fingerprint density at radius 2 is 2.08 bits per heavy atom. The largest absolute Gasteiger partial charge is 0.492 e. The summed E-state index contributed by atoms with van der Waals surface area (Å²) in [6, 6.07) is 7.13. The number of hydrogen-bond donors (Lipinski definition) is 1. The summed E-state index contributed by atoms with van der Waals surface area (Å²) in [4.78, 5) is 26.7. The van der Waals surface area contributed by atoms with Crippen LogP contribution in [0.2, 0.25) is 0 Å². The minimum atomic E-state index is -0.377. The molecule has 0 bridgehead atoms. The van der Waals surface area contributed by atoms with Crippen LogP contribution in [0.5, 0.6) is 5.75 Å². The zero-order chi connectivity index (χ0) is 17.5. The Balaban J connectivity index is 1.92. The maximum absolute atomic E-state index is 12.2. The van der Waals surface area contributed by atoms with Gasteiger partial charge in [0.2, 0.25) is 11.8 Å². The Morgan fingerprint density at radius 1 is 1.33 bits per heavy atom. The van der Waals surface area contributed by atoms with Gasteiger partial charge in [-0.1, -0.05) is 16.6 Å². The molecule has 1 aromatic carbocycles.